The lowest BCUT2D eigenvalue weighted by Crippen LogP contribution is -2.64. The molecule has 6 unspecified atom stereocenters. The number of ether oxygens (including phenoxy) is 2. The average molecular weight is 725 g/mol. The molecule has 0 aromatic carbocycles. The number of allylic oxidation sites excluding steroid dienone is 2. The van der Waals surface area contributed by atoms with Crippen LogP contribution in [-0.4, -0.2) is 98.3 Å². The van der Waals surface area contributed by atoms with E-state index in [0.717, 1.165) is 70.6 Å². The highest BCUT2D eigenvalue weighted by Crippen LogP contribution is 2.47. The second-order valence-corrected chi connectivity index (χ2v) is 14.5. The number of rotatable bonds is 29. The highest BCUT2D eigenvalue weighted by atomic mass is 31.2. The van der Waals surface area contributed by atoms with Crippen LogP contribution in [0.4, 0.5) is 0 Å². The molecule has 0 bridgehead atoms. The zero-order valence-electron chi connectivity index (χ0n) is 29.7. The predicted molar refractivity (Wildman–Crippen MR) is 184 cm³/mol. The average Bonchev–Trinajstić information content (AvgIpc) is 3.07. The van der Waals surface area contributed by atoms with Crippen LogP contribution >= 0.6 is 7.82 Å². The van der Waals surface area contributed by atoms with Gasteiger partial charge in [0.25, 0.3) is 0 Å². The SMILES string of the molecule is CCCCCC/C=C/CCCCCCCC(=O)OC[C@H](COP(=O)(O)OC1C(O)C(O)C(O)[C@@H](O)C1O)OC(=O)CCCCCCCCC. The van der Waals surface area contributed by atoms with Crippen LogP contribution in [0.3, 0.4) is 0 Å². The number of carbonyl (C=O) groups excluding carboxylic acids is 2. The molecule has 6 N–H and O–H groups in total. The normalized spacial score (nSPS) is 24.5. The first-order valence-electron chi connectivity index (χ1n) is 18.5. The van der Waals surface area contributed by atoms with Gasteiger partial charge in [-0.1, -0.05) is 103 Å². The fourth-order valence-electron chi connectivity index (χ4n) is 5.52. The molecule has 14 heteroatoms. The molecular weight excluding hydrogens is 659 g/mol. The minimum atomic E-state index is -5.10. The Labute approximate surface area is 293 Å². The van der Waals surface area contributed by atoms with Gasteiger partial charge in [-0.3, -0.25) is 18.6 Å². The molecular formula is C35H65O13P. The Morgan fingerprint density at radius 2 is 1.04 bits per heavy atom. The van der Waals surface area contributed by atoms with Crippen molar-refractivity contribution in [1.82, 2.24) is 0 Å². The monoisotopic (exact) mass is 724 g/mol. The van der Waals surface area contributed by atoms with Crippen LogP contribution in [0, 0.1) is 0 Å². The lowest BCUT2D eigenvalue weighted by molar-refractivity contribution is -0.220. The van der Waals surface area contributed by atoms with Crippen molar-refractivity contribution in [3.05, 3.63) is 12.2 Å². The molecule has 0 heterocycles. The molecule has 0 saturated heterocycles. The van der Waals surface area contributed by atoms with E-state index in [1.165, 1.54) is 32.1 Å². The first kappa shape index (κ1) is 45.6. The first-order valence-corrected chi connectivity index (χ1v) is 20.0. The van der Waals surface area contributed by atoms with Crippen LogP contribution in [0.25, 0.3) is 0 Å². The number of hydrogen-bond donors (Lipinski definition) is 6. The summed E-state index contributed by atoms with van der Waals surface area (Å²) in [5.41, 5.74) is 0. The molecule has 1 rings (SSSR count). The molecule has 13 nitrogen and oxygen atoms in total. The summed E-state index contributed by atoms with van der Waals surface area (Å²) >= 11 is 0. The van der Waals surface area contributed by atoms with Crippen molar-refractivity contribution >= 4 is 19.8 Å². The second kappa shape index (κ2) is 27.3. The van der Waals surface area contributed by atoms with E-state index in [9.17, 15) is 44.6 Å². The molecule has 1 aliphatic rings. The van der Waals surface area contributed by atoms with Gasteiger partial charge < -0.3 is 39.9 Å². The molecule has 288 valence electrons. The third kappa shape index (κ3) is 20.9. The Kier molecular flexibility index (Phi) is 25.4. The van der Waals surface area contributed by atoms with Crippen molar-refractivity contribution < 1.29 is 63.1 Å². The van der Waals surface area contributed by atoms with Gasteiger partial charge in [-0.2, -0.15) is 0 Å². The van der Waals surface area contributed by atoms with Crippen LogP contribution in [0.15, 0.2) is 12.2 Å². The van der Waals surface area contributed by atoms with Gasteiger partial charge in [0.05, 0.1) is 6.61 Å². The number of carbonyl (C=O) groups is 2. The van der Waals surface area contributed by atoms with E-state index in [-0.39, 0.29) is 12.8 Å². The largest absolute Gasteiger partial charge is 0.472 e. The predicted octanol–water partition coefficient (Wildman–Crippen LogP) is 5.16. The molecule has 8 atom stereocenters. The van der Waals surface area contributed by atoms with Crippen LogP contribution in [0.1, 0.15) is 142 Å². The fraction of sp³-hybridized carbons (Fsp3) is 0.886. The van der Waals surface area contributed by atoms with Crippen LogP contribution in [0.5, 0.6) is 0 Å². The number of hydrogen-bond acceptors (Lipinski definition) is 12. The topological polar surface area (TPSA) is 210 Å². The van der Waals surface area contributed by atoms with Crippen molar-refractivity contribution in [2.75, 3.05) is 13.2 Å². The molecule has 1 fully saturated rings. The number of esters is 2. The van der Waals surface area contributed by atoms with E-state index in [1.807, 2.05) is 0 Å². The van der Waals surface area contributed by atoms with E-state index < -0.39 is 75.7 Å². The van der Waals surface area contributed by atoms with Gasteiger partial charge in [-0.15, -0.1) is 0 Å². The van der Waals surface area contributed by atoms with Gasteiger partial charge in [0.1, 0.15) is 43.2 Å². The smallest absolute Gasteiger partial charge is 0.462 e. The number of aliphatic hydroxyl groups excluding tert-OH is 5. The summed E-state index contributed by atoms with van der Waals surface area (Å²) in [6.45, 7) is 3.17. The molecule has 0 spiro atoms. The van der Waals surface area contributed by atoms with Gasteiger partial charge >= 0.3 is 19.8 Å². The van der Waals surface area contributed by atoms with E-state index in [4.69, 9.17) is 18.5 Å². The Morgan fingerprint density at radius 3 is 1.57 bits per heavy atom. The maximum Gasteiger partial charge on any atom is 0.472 e. The molecule has 0 aliphatic heterocycles. The maximum atomic E-state index is 12.7. The van der Waals surface area contributed by atoms with Crippen molar-refractivity contribution in [3.63, 3.8) is 0 Å². The van der Waals surface area contributed by atoms with Gasteiger partial charge in [0.15, 0.2) is 6.10 Å². The minimum Gasteiger partial charge on any atom is -0.462 e. The zero-order valence-corrected chi connectivity index (χ0v) is 30.6. The maximum absolute atomic E-state index is 12.7. The molecule has 49 heavy (non-hydrogen) atoms. The molecule has 0 radical (unpaired) electrons. The van der Waals surface area contributed by atoms with Crippen LogP contribution in [-0.2, 0) is 32.7 Å². The van der Waals surface area contributed by atoms with Gasteiger partial charge in [-0.05, 0) is 38.5 Å². The Bertz CT molecular complexity index is 932. The third-order valence-corrected chi connectivity index (χ3v) is 9.59. The third-order valence-electron chi connectivity index (χ3n) is 8.61. The number of unbranched alkanes of at least 4 members (excludes halogenated alkanes) is 15. The van der Waals surface area contributed by atoms with E-state index in [2.05, 4.69) is 26.0 Å². The van der Waals surface area contributed by atoms with Crippen LogP contribution < -0.4 is 0 Å². The summed E-state index contributed by atoms with van der Waals surface area (Å²) in [6, 6.07) is 0. The number of aliphatic hydroxyl groups is 5. The molecule has 1 saturated carbocycles. The Balaban J connectivity index is 2.54. The highest BCUT2D eigenvalue weighted by molar-refractivity contribution is 7.47. The van der Waals surface area contributed by atoms with Crippen molar-refractivity contribution in [2.45, 2.75) is 185 Å². The van der Waals surface area contributed by atoms with E-state index in [1.54, 1.807) is 0 Å². The second-order valence-electron chi connectivity index (χ2n) is 13.1. The Morgan fingerprint density at radius 1 is 0.612 bits per heavy atom. The number of phosphoric acid groups is 1. The summed E-state index contributed by atoms with van der Waals surface area (Å²) < 4.78 is 33.1. The number of phosphoric ester groups is 1. The highest BCUT2D eigenvalue weighted by Gasteiger charge is 2.51. The summed E-state index contributed by atoms with van der Waals surface area (Å²) in [7, 11) is -5.10. The Hall–Kier alpha value is -1.41. The molecule has 0 aromatic rings. The standard InChI is InChI=1S/C35H65O13P/c1-3-5-7-9-11-12-13-14-15-16-18-19-21-23-28(36)45-25-27(47-29(37)24-22-20-17-10-8-6-4-2)26-46-49(43,44)48-35-33(41)31(39)30(38)32(40)34(35)42/h12-13,27,30-35,38-42H,3-11,14-26H2,1-2H3,(H,43,44)/b13-12+/t27-,30?,31-,32?,33?,34?,35?/m1/s1. The summed E-state index contributed by atoms with van der Waals surface area (Å²) in [4.78, 5) is 35.2. The van der Waals surface area contributed by atoms with Gasteiger partial charge in [-0.25, -0.2) is 4.57 Å². The van der Waals surface area contributed by atoms with Crippen molar-refractivity contribution in [3.8, 4) is 0 Å². The summed E-state index contributed by atoms with van der Waals surface area (Å²) in [5.74, 6) is -1.12. The van der Waals surface area contributed by atoms with Crippen molar-refractivity contribution in [1.29, 1.82) is 0 Å². The summed E-state index contributed by atoms with van der Waals surface area (Å²) in [6.07, 6.45) is 10.4. The molecule has 0 aromatic heterocycles. The van der Waals surface area contributed by atoms with E-state index >= 15 is 0 Å². The quantitative estimate of drug-likeness (QED) is 0.0255. The fourth-order valence-corrected chi connectivity index (χ4v) is 6.49. The first-order chi connectivity index (χ1) is 23.4. The lowest BCUT2D eigenvalue weighted by atomic mass is 9.85. The lowest BCUT2D eigenvalue weighted by Gasteiger charge is -2.41. The van der Waals surface area contributed by atoms with Crippen molar-refractivity contribution in [2.24, 2.45) is 0 Å². The molecule has 1 aliphatic carbocycles. The zero-order chi connectivity index (χ0) is 36.5. The molecule has 0 amide bonds. The summed E-state index contributed by atoms with van der Waals surface area (Å²) in [5, 5.41) is 49.8. The van der Waals surface area contributed by atoms with Gasteiger partial charge in [0, 0.05) is 12.8 Å². The minimum absolute atomic E-state index is 0.0961. The van der Waals surface area contributed by atoms with E-state index in [0.29, 0.717) is 12.8 Å². The van der Waals surface area contributed by atoms with Crippen LogP contribution in [0.2, 0.25) is 0 Å². The van der Waals surface area contributed by atoms with Gasteiger partial charge in [0.2, 0.25) is 0 Å².